The number of hydrogen-bond donors (Lipinski definition) is 1. The van der Waals surface area contributed by atoms with Gasteiger partial charge in [-0.25, -0.2) is 4.39 Å². The molecule has 0 saturated carbocycles. The van der Waals surface area contributed by atoms with Crippen LogP contribution >= 0.6 is 11.3 Å². The predicted octanol–water partition coefficient (Wildman–Crippen LogP) is 3.60. The van der Waals surface area contributed by atoms with Crippen LogP contribution in [0.4, 0.5) is 10.1 Å². The Morgan fingerprint density at radius 3 is 2.52 bits per heavy atom. The maximum Gasteiger partial charge on any atom is 0.263 e. The van der Waals surface area contributed by atoms with Crippen molar-refractivity contribution in [2.45, 2.75) is 18.9 Å². The van der Waals surface area contributed by atoms with E-state index in [4.69, 9.17) is 0 Å². The molecule has 110 valence electrons. The maximum absolute atomic E-state index is 12.9. The first-order valence-electron chi connectivity index (χ1n) is 7.07. The molecule has 3 rings (SSSR count). The largest absolute Gasteiger partial charge is 0.382 e. The van der Waals surface area contributed by atoms with Gasteiger partial charge in [-0.1, -0.05) is 6.07 Å². The van der Waals surface area contributed by atoms with Crippen LogP contribution in [0.15, 0.2) is 41.8 Å². The Labute approximate surface area is 127 Å². The summed E-state index contributed by atoms with van der Waals surface area (Å²) >= 11 is 1.49. The van der Waals surface area contributed by atoms with Crippen LogP contribution in [-0.4, -0.2) is 29.9 Å². The quantitative estimate of drug-likeness (QED) is 0.939. The van der Waals surface area contributed by atoms with E-state index in [0.29, 0.717) is 6.04 Å². The Kier molecular flexibility index (Phi) is 4.20. The van der Waals surface area contributed by atoms with Crippen LogP contribution in [0.2, 0.25) is 0 Å². The van der Waals surface area contributed by atoms with Gasteiger partial charge in [0.25, 0.3) is 5.91 Å². The fourth-order valence-corrected chi connectivity index (χ4v) is 3.26. The molecule has 1 amide bonds. The summed E-state index contributed by atoms with van der Waals surface area (Å²) in [6.07, 6.45) is 1.82. The Hall–Kier alpha value is -1.88. The fourth-order valence-electron chi connectivity index (χ4n) is 2.56. The lowest BCUT2D eigenvalue weighted by Gasteiger charge is -2.32. The van der Waals surface area contributed by atoms with Gasteiger partial charge in [0.1, 0.15) is 5.82 Å². The third kappa shape index (κ3) is 3.42. The second-order valence-electron chi connectivity index (χ2n) is 5.20. The average Bonchev–Trinajstić information content (AvgIpc) is 3.04. The van der Waals surface area contributed by atoms with Crippen LogP contribution in [0.3, 0.4) is 0 Å². The van der Waals surface area contributed by atoms with E-state index >= 15 is 0 Å². The number of carbonyl (C=O) groups excluding carboxylic acids is 1. The zero-order valence-electron chi connectivity index (χ0n) is 11.6. The summed E-state index contributed by atoms with van der Waals surface area (Å²) in [6.45, 7) is 1.52. The molecule has 1 aromatic heterocycles. The molecule has 0 spiro atoms. The second kappa shape index (κ2) is 6.26. The molecule has 0 unspecified atom stereocenters. The van der Waals surface area contributed by atoms with Crippen molar-refractivity contribution in [3.05, 3.63) is 52.5 Å². The molecule has 21 heavy (non-hydrogen) atoms. The van der Waals surface area contributed by atoms with Crippen LogP contribution in [-0.2, 0) is 0 Å². The number of nitrogens with one attached hydrogen (secondary N) is 1. The van der Waals surface area contributed by atoms with Crippen molar-refractivity contribution >= 4 is 22.9 Å². The lowest BCUT2D eigenvalue weighted by atomic mass is 10.0. The lowest BCUT2D eigenvalue weighted by molar-refractivity contribution is 0.0723. The van der Waals surface area contributed by atoms with Gasteiger partial charge in [-0.2, -0.15) is 0 Å². The van der Waals surface area contributed by atoms with Crippen LogP contribution in [0.1, 0.15) is 22.5 Å². The highest BCUT2D eigenvalue weighted by Gasteiger charge is 2.23. The Morgan fingerprint density at radius 2 is 1.90 bits per heavy atom. The zero-order chi connectivity index (χ0) is 14.7. The molecule has 2 heterocycles. The second-order valence-corrected chi connectivity index (χ2v) is 6.14. The number of carbonyl (C=O) groups is 1. The predicted molar refractivity (Wildman–Crippen MR) is 83.3 cm³/mol. The summed E-state index contributed by atoms with van der Waals surface area (Å²) in [5, 5.41) is 5.33. The van der Waals surface area contributed by atoms with E-state index in [1.54, 1.807) is 12.1 Å². The Balaban J connectivity index is 1.53. The normalized spacial score (nSPS) is 16.0. The molecule has 5 heteroatoms. The highest BCUT2D eigenvalue weighted by atomic mass is 32.1. The minimum atomic E-state index is -0.225. The molecule has 1 aromatic carbocycles. The van der Waals surface area contributed by atoms with E-state index < -0.39 is 0 Å². The number of piperidine rings is 1. The molecule has 0 bridgehead atoms. The molecular weight excluding hydrogens is 287 g/mol. The molecule has 0 atom stereocenters. The van der Waals surface area contributed by atoms with Crippen molar-refractivity contribution in [3.63, 3.8) is 0 Å². The molecule has 1 aliphatic heterocycles. The SMILES string of the molecule is O=C(c1cccs1)N1CCC(Nc2ccc(F)cc2)CC1. The van der Waals surface area contributed by atoms with Crippen molar-refractivity contribution < 1.29 is 9.18 Å². The van der Waals surface area contributed by atoms with Crippen molar-refractivity contribution in [2.75, 3.05) is 18.4 Å². The van der Waals surface area contributed by atoms with Crippen molar-refractivity contribution in [1.82, 2.24) is 4.90 Å². The van der Waals surface area contributed by atoms with Gasteiger partial charge in [0.05, 0.1) is 4.88 Å². The Bertz CT molecular complexity index is 589. The zero-order valence-corrected chi connectivity index (χ0v) is 12.4. The molecule has 3 nitrogen and oxygen atoms in total. The monoisotopic (exact) mass is 304 g/mol. The first-order valence-corrected chi connectivity index (χ1v) is 7.95. The lowest BCUT2D eigenvalue weighted by Crippen LogP contribution is -2.42. The van der Waals surface area contributed by atoms with Crippen LogP contribution < -0.4 is 5.32 Å². The number of likely N-dealkylation sites (tertiary alicyclic amines) is 1. The molecule has 0 radical (unpaired) electrons. The molecule has 1 fully saturated rings. The summed E-state index contributed by atoms with van der Waals surface area (Å²) in [5.41, 5.74) is 0.930. The van der Waals surface area contributed by atoms with E-state index in [-0.39, 0.29) is 11.7 Å². The number of hydrogen-bond acceptors (Lipinski definition) is 3. The van der Waals surface area contributed by atoms with Crippen LogP contribution in [0.5, 0.6) is 0 Å². The van der Waals surface area contributed by atoms with E-state index in [2.05, 4.69) is 5.32 Å². The van der Waals surface area contributed by atoms with Crippen molar-refractivity contribution in [3.8, 4) is 0 Å². The van der Waals surface area contributed by atoms with E-state index in [1.165, 1.54) is 23.5 Å². The third-order valence-electron chi connectivity index (χ3n) is 3.73. The van der Waals surface area contributed by atoms with Gasteiger partial charge in [0.2, 0.25) is 0 Å². The number of anilines is 1. The summed E-state index contributed by atoms with van der Waals surface area (Å²) in [7, 11) is 0. The summed E-state index contributed by atoms with van der Waals surface area (Å²) < 4.78 is 12.9. The topological polar surface area (TPSA) is 32.3 Å². The highest BCUT2D eigenvalue weighted by Crippen LogP contribution is 2.20. The van der Waals surface area contributed by atoms with Crippen molar-refractivity contribution in [2.24, 2.45) is 0 Å². The van der Waals surface area contributed by atoms with Gasteiger partial charge in [-0.05, 0) is 48.6 Å². The van der Waals surface area contributed by atoms with Crippen molar-refractivity contribution in [1.29, 1.82) is 0 Å². The van der Waals surface area contributed by atoms with E-state index in [1.807, 2.05) is 22.4 Å². The van der Waals surface area contributed by atoms with Gasteiger partial charge in [0.15, 0.2) is 0 Å². The third-order valence-corrected chi connectivity index (χ3v) is 4.59. The highest BCUT2D eigenvalue weighted by molar-refractivity contribution is 7.12. The number of halogens is 1. The molecule has 1 N–H and O–H groups in total. The Morgan fingerprint density at radius 1 is 1.19 bits per heavy atom. The average molecular weight is 304 g/mol. The number of benzene rings is 1. The first kappa shape index (κ1) is 14.1. The molecule has 2 aromatic rings. The minimum absolute atomic E-state index is 0.130. The number of thiophene rings is 1. The molecule has 1 saturated heterocycles. The minimum Gasteiger partial charge on any atom is -0.382 e. The molecule has 1 aliphatic rings. The van der Waals surface area contributed by atoms with E-state index in [9.17, 15) is 9.18 Å². The summed E-state index contributed by atoms with van der Waals surface area (Å²) in [6, 6.07) is 10.5. The van der Waals surface area contributed by atoms with Crippen LogP contribution in [0.25, 0.3) is 0 Å². The van der Waals surface area contributed by atoms with Crippen LogP contribution in [0, 0.1) is 5.82 Å². The summed E-state index contributed by atoms with van der Waals surface area (Å²) in [5.74, 6) is -0.0952. The smallest absolute Gasteiger partial charge is 0.263 e. The van der Waals surface area contributed by atoms with Gasteiger partial charge in [0, 0.05) is 24.8 Å². The number of nitrogens with zero attached hydrogens (tertiary/aromatic N) is 1. The molecular formula is C16H17FN2OS. The summed E-state index contributed by atoms with van der Waals surface area (Å²) in [4.78, 5) is 15.0. The number of rotatable bonds is 3. The maximum atomic E-state index is 12.9. The van der Waals surface area contributed by atoms with Gasteiger partial charge in [-0.15, -0.1) is 11.3 Å². The van der Waals surface area contributed by atoms with E-state index in [0.717, 1.165) is 36.5 Å². The van der Waals surface area contributed by atoms with Gasteiger partial charge < -0.3 is 10.2 Å². The number of amides is 1. The fraction of sp³-hybridized carbons (Fsp3) is 0.312. The standard InChI is InChI=1S/C16H17FN2OS/c17-12-3-5-13(6-4-12)18-14-7-9-19(10-8-14)16(20)15-2-1-11-21-15/h1-6,11,14,18H,7-10H2. The molecule has 0 aliphatic carbocycles. The first-order chi connectivity index (χ1) is 10.2. The van der Waals surface area contributed by atoms with Gasteiger partial charge in [-0.3, -0.25) is 4.79 Å². The van der Waals surface area contributed by atoms with Gasteiger partial charge >= 0.3 is 0 Å².